The molecule has 3 nitrogen and oxygen atoms in total. The van der Waals surface area contributed by atoms with Crippen molar-refractivity contribution in [3.8, 4) is 0 Å². The second kappa shape index (κ2) is 5.95. The highest BCUT2D eigenvalue weighted by atomic mass is 19.1. The first-order valence-electron chi connectivity index (χ1n) is 7.88. The molecule has 1 aromatic heterocycles. The van der Waals surface area contributed by atoms with Crippen LogP contribution in [0, 0.1) is 12.7 Å². The number of amides is 1. The van der Waals surface area contributed by atoms with E-state index < -0.39 is 0 Å². The number of aryl methyl sites for hydroxylation is 2. The Kier molecular flexibility index (Phi) is 4.01. The van der Waals surface area contributed by atoms with Gasteiger partial charge in [-0.05, 0) is 49.4 Å². The number of carbonyl (C=O) groups excluding carboxylic acids is 1. The summed E-state index contributed by atoms with van der Waals surface area (Å²) in [4.78, 5) is 12.1. The Morgan fingerprint density at radius 3 is 2.95 bits per heavy atom. The van der Waals surface area contributed by atoms with Crippen LogP contribution in [0.3, 0.4) is 0 Å². The predicted octanol–water partition coefficient (Wildman–Crippen LogP) is 3.73. The van der Waals surface area contributed by atoms with E-state index in [0.29, 0.717) is 12.2 Å². The summed E-state index contributed by atoms with van der Waals surface area (Å²) >= 11 is 0. The van der Waals surface area contributed by atoms with Gasteiger partial charge in [0.15, 0.2) is 0 Å². The number of allylic oxidation sites excluding steroid dienone is 2. The second-order valence-corrected chi connectivity index (χ2v) is 5.76. The van der Waals surface area contributed by atoms with Gasteiger partial charge in [0, 0.05) is 18.5 Å². The van der Waals surface area contributed by atoms with Gasteiger partial charge in [-0.3, -0.25) is 4.79 Å². The number of nitrogens with zero attached hydrogens (tertiary/aromatic N) is 1. The molecule has 1 aromatic carbocycles. The highest BCUT2D eigenvalue weighted by Gasteiger charge is 2.25. The zero-order chi connectivity index (χ0) is 15.7. The Morgan fingerprint density at radius 2 is 2.18 bits per heavy atom. The molecule has 4 heteroatoms. The van der Waals surface area contributed by atoms with Crippen LogP contribution in [0.25, 0.3) is 10.9 Å². The quantitative estimate of drug-likeness (QED) is 0.858. The molecule has 1 aliphatic rings. The molecule has 0 saturated carbocycles. The molecule has 2 aromatic rings. The van der Waals surface area contributed by atoms with E-state index in [4.69, 9.17) is 0 Å². The van der Waals surface area contributed by atoms with Gasteiger partial charge in [0.2, 0.25) is 0 Å². The van der Waals surface area contributed by atoms with E-state index in [9.17, 15) is 9.18 Å². The molecule has 1 aliphatic heterocycles. The molecule has 0 fully saturated rings. The van der Waals surface area contributed by atoms with Gasteiger partial charge < -0.3 is 9.88 Å². The van der Waals surface area contributed by atoms with Gasteiger partial charge in [-0.25, -0.2) is 4.39 Å². The average molecular weight is 300 g/mol. The summed E-state index contributed by atoms with van der Waals surface area (Å²) in [5.41, 5.74) is 3.56. The number of nitrogens with one attached hydrogen (secondary N) is 1. The van der Waals surface area contributed by atoms with Gasteiger partial charge in [-0.1, -0.05) is 19.1 Å². The smallest absolute Gasteiger partial charge is 0.268 e. The van der Waals surface area contributed by atoms with Crippen molar-refractivity contribution in [1.82, 2.24) is 9.88 Å². The molecule has 0 spiro atoms. The maximum atomic E-state index is 14.0. The van der Waals surface area contributed by atoms with Crippen molar-refractivity contribution in [2.75, 3.05) is 6.54 Å². The molecule has 2 heterocycles. The molecule has 116 valence electrons. The lowest BCUT2D eigenvalue weighted by atomic mass is 10.0. The van der Waals surface area contributed by atoms with Crippen LogP contribution in [-0.2, 0) is 13.0 Å². The minimum absolute atomic E-state index is 0.0582. The van der Waals surface area contributed by atoms with Crippen LogP contribution in [0.5, 0.6) is 0 Å². The van der Waals surface area contributed by atoms with Gasteiger partial charge >= 0.3 is 0 Å². The lowest BCUT2D eigenvalue weighted by molar-refractivity contribution is 0.0928. The fourth-order valence-electron chi connectivity index (χ4n) is 3.30. The molecular weight excluding hydrogens is 279 g/mol. The SMILES string of the molecule is CC/C=C/CCc1cc(F)cc2c(C)c3n(c12)CCNC3=O. The van der Waals surface area contributed by atoms with Crippen molar-refractivity contribution >= 4 is 16.8 Å². The van der Waals surface area contributed by atoms with E-state index in [1.165, 1.54) is 0 Å². The molecule has 3 rings (SSSR count). The molecule has 0 bridgehead atoms. The summed E-state index contributed by atoms with van der Waals surface area (Å²) in [5.74, 6) is -0.286. The molecule has 0 radical (unpaired) electrons. The summed E-state index contributed by atoms with van der Waals surface area (Å²) < 4.78 is 16.0. The van der Waals surface area contributed by atoms with Gasteiger partial charge in [-0.2, -0.15) is 0 Å². The van der Waals surface area contributed by atoms with E-state index in [-0.39, 0.29) is 11.7 Å². The Bertz CT molecular complexity index is 758. The average Bonchev–Trinajstić information content (AvgIpc) is 2.78. The molecule has 0 atom stereocenters. The Labute approximate surface area is 129 Å². The first-order valence-corrected chi connectivity index (χ1v) is 7.88. The largest absolute Gasteiger partial charge is 0.349 e. The van der Waals surface area contributed by atoms with Gasteiger partial charge in [-0.15, -0.1) is 0 Å². The van der Waals surface area contributed by atoms with E-state index in [0.717, 1.165) is 47.8 Å². The Balaban J connectivity index is 2.13. The fraction of sp³-hybridized carbons (Fsp3) is 0.389. The third-order valence-corrected chi connectivity index (χ3v) is 4.27. The van der Waals surface area contributed by atoms with Crippen molar-refractivity contribution in [3.05, 3.63) is 46.9 Å². The van der Waals surface area contributed by atoms with Crippen molar-refractivity contribution in [1.29, 1.82) is 0 Å². The van der Waals surface area contributed by atoms with Crippen molar-refractivity contribution in [2.45, 2.75) is 39.7 Å². The second-order valence-electron chi connectivity index (χ2n) is 5.76. The van der Waals surface area contributed by atoms with Crippen LogP contribution in [0.4, 0.5) is 4.39 Å². The van der Waals surface area contributed by atoms with Crippen molar-refractivity contribution in [3.63, 3.8) is 0 Å². The molecule has 1 amide bonds. The summed E-state index contributed by atoms with van der Waals surface area (Å²) in [5, 5.41) is 3.73. The Hall–Kier alpha value is -2.10. The monoisotopic (exact) mass is 300 g/mol. The lowest BCUT2D eigenvalue weighted by Gasteiger charge is -2.18. The van der Waals surface area contributed by atoms with Gasteiger partial charge in [0.1, 0.15) is 11.5 Å². The van der Waals surface area contributed by atoms with Crippen LogP contribution < -0.4 is 5.32 Å². The maximum Gasteiger partial charge on any atom is 0.268 e. The molecule has 22 heavy (non-hydrogen) atoms. The number of rotatable bonds is 4. The number of fused-ring (bicyclic) bond motifs is 3. The fourth-order valence-corrected chi connectivity index (χ4v) is 3.30. The van der Waals surface area contributed by atoms with Gasteiger partial charge in [0.25, 0.3) is 5.91 Å². The van der Waals surface area contributed by atoms with Crippen molar-refractivity contribution < 1.29 is 9.18 Å². The maximum absolute atomic E-state index is 14.0. The summed E-state index contributed by atoms with van der Waals surface area (Å²) in [6.45, 7) is 5.37. The first-order chi connectivity index (χ1) is 10.6. The molecular formula is C18H21FN2O. The molecule has 1 N–H and O–H groups in total. The number of aromatic nitrogens is 1. The van der Waals surface area contributed by atoms with Crippen LogP contribution in [0.1, 0.15) is 41.4 Å². The van der Waals surface area contributed by atoms with Crippen LogP contribution in [0.15, 0.2) is 24.3 Å². The third-order valence-electron chi connectivity index (χ3n) is 4.27. The zero-order valence-corrected chi connectivity index (χ0v) is 13.1. The predicted molar refractivity (Wildman–Crippen MR) is 86.7 cm³/mol. The first kappa shape index (κ1) is 14.8. The van der Waals surface area contributed by atoms with E-state index >= 15 is 0 Å². The van der Waals surface area contributed by atoms with E-state index in [1.807, 2.05) is 6.92 Å². The lowest BCUT2D eigenvalue weighted by Crippen LogP contribution is -2.35. The summed E-state index contributed by atoms with van der Waals surface area (Å²) in [6.07, 6.45) is 6.95. The van der Waals surface area contributed by atoms with Crippen LogP contribution >= 0.6 is 0 Å². The number of benzene rings is 1. The number of halogens is 1. The number of hydrogen-bond donors (Lipinski definition) is 1. The number of carbonyl (C=O) groups is 1. The standard InChI is InChI=1S/C18H21FN2O/c1-3-4-5-6-7-13-10-14(19)11-15-12(2)16-18(22)20-8-9-21(16)17(13)15/h4-5,10-11H,3,6-9H2,1-2H3,(H,20,22)/b5-4+. The highest BCUT2D eigenvalue weighted by Crippen LogP contribution is 2.31. The van der Waals surface area contributed by atoms with E-state index in [2.05, 4.69) is 29.0 Å². The van der Waals surface area contributed by atoms with Gasteiger partial charge in [0.05, 0.1) is 5.52 Å². The summed E-state index contributed by atoms with van der Waals surface area (Å²) in [6, 6.07) is 3.16. The number of hydrogen-bond acceptors (Lipinski definition) is 1. The Morgan fingerprint density at radius 1 is 1.36 bits per heavy atom. The molecule has 0 aliphatic carbocycles. The molecule has 0 saturated heterocycles. The normalized spacial score (nSPS) is 14.6. The highest BCUT2D eigenvalue weighted by molar-refractivity contribution is 6.03. The van der Waals surface area contributed by atoms with E-state index in [1.54, 1.807) is 12.1 Å². The van der Waals surface area contributed by atoms with Crippen LogP contribution in [0.2, 0.25) is 0 Å². The zero-order valence-electron chi connectivity index (χ0n) is 13.1. The molecule has 0 unspecified atom stereocenters. The third kappa shape index (κ3) is 2.43. The van der Waals surface area contributed by atoms with Crippen LogP contribution in [-0.4, -0.2) is 17.0 Å². The minimum Gasteiger partial charge on any atom is -0.349 e. The topological polar surface area (TPSA) is 34.0 Å². The summed E-state index contributed by atoms with van der Waals surface area (Å²) in [7, 11) is 0. The minimum atomic E-state index is -0.228. The van der Waals surface area contributed by atoms with Crippen molar-refractivity contribution in [2.24, 2.45) is 0 Å².